The molecule has 2 N–H and O–H groups in total. The molecule has 6 heteroatoms. The molecule has 1 aromatic carbocycles. The number of nitrogens with one attached hydrogen (secondary N) is 2. The van der Waals surface area contributed by atoms with E-state index in [9.17, 15) is 4.79 Å². The van der Waals surface area contributed by atoms with Gasteiger partial charge in [0.2, 0.25) is 5.91 Å². The Morgan fingerprint density at radius 2 is 2.09 bits per heavy atom. The van der Waals surface area contributed by atoms with Crippen molar-refractivity contribution >= 4 is 11.6 Å². The van der Waals surface area contributed by atoms with Crippen molar-refractivity contribution in [1.29, 1.82) is 0 Å². The summed E-state index contributed by atoms with van der Waals surface area (Å²) in [7, 11) is 1.64. The maximum atomic E-state index is 12.7. The number of benzene rings is 1. The summed E-state index contributed by atoms with van der Waals surface area (Å²) in [6.07, 6.45) is 4.62. The number of aromatic nitrogens is 1. The summed E-state index contributed by atoms with van der Waals surface area (Å²) in [6, 6.07) is 7.55. The lowest BCUT2D eigenvalue weighted by Crippen LogP contribution is -2.47. The van der Waals surface area contributed by atoms with Gasteiger partial charge in [-0.05, 0) is 50.2 Å². The molecule has 1 amide bonds. The van der Waals surface area contributed by atoms with Gasteiger partial charge in [0.1, 0.15) is 0 Å². The molecular weight excluding hydrogens is 294 g/mol. The molecule has 1 aliphatic heterocycles. The van der Waals surface area contributed by atoms with Crippen LogP contribution in [0.5, 0.6) is 0 Å². The first-order valence-electron chi connectivity index (χ1n) is 7.74. The molecule has 3 rings (SSSR count). The fourth-order valence-electron chi connectivity index (χ4n) is 2.96. The first-order valence-corrected chi connectivity index (χ1v) is 7.74. The third-order valence-corrected chi connectivity index (χ3v) is 4.32. The molecule has 1 fully saturated rings. The summed E-state index contributed by atoms with van der Waals surface area (Å²) in [5.74, 6) is 0.727. The van der Waals surface area contributed by atoms with Crippen molar-refractivity contribution in [1.82, 2.24) is 10.3 Å². The highest BCUT2D eigenvalue weighted by atomic mass is 16.5. The summed E-state index contributed by atoms with van der Waals surface area (Å²) in [4.78, 5) is 16.6. The number of carbonyl (C=O) groups excluding carboxylic acids is 1. The summed E-state index contributed by atoms with van der Waals surface area (Å²) in [6.45, 7) is 2.11. The highest BCUT2D eigenvalue weighted by Gasteiger charge is 2.39. The number of carbonyl (C=O) groups is 1. The molecule has 0 saturated carbocycles. The maximum absolute atomic E-state index is 12.7. The van der Waals surface area contributed by atoms with Crippen molar-refractivity contribution in [3.05, 3.63) is 36.9 Å². The normalized spacial score (nSPS) is 16.9. The van der Waals surface area contributed by atoms with E-state index in [1.54, 1.807) is 13.3 Å². The largest absolute Gasteiger partial charge is 0.444 e. The highest BCUT2D eigenvalue weighted by molar-refractivity contribution is 5.95. The number of hydrogen-bond acceptors (Lipinski definition) is 5. The van der Waals surface area contributed by atoms with Crippen LogP contribution in [0, 0.1) is 5.41 Å². The van der Waals surface area contributed by atoms with Crippen LogP contribution in [0.3, 0.4) is 0 Å². The minimum atomic E-state index is -0.455. The van der Waals surface area contributed by atoms with E-state index in [1.165, 1.54) is 6.39 Å². The van der Waals surface area contributed by atoms with Crippen LogP contribution in [-0.4, -0.2) is 37.7 Å². The van der Waals surface area contributed by atoms with Gasteiger partial charge in [0.15, 0.2) is 12.2 Å². The first kappa shape index (κ1) is 15.7. The van der Waals surface area contributed by atoms with Crippen molar-refractivity contribution < 1.29 is 13.9 Å². The number of piperidine rings is 1. The van der Waals surface area contributed by atoms with E-state index < -0.39 is 5.41 Å². The van der Waals surface area contributed by atoms with E-state index in [4.69, 9.17) is 9.15 Å². The average Bonchev–Trinajstić information content (AvgIpc) is 3.11. The van der Waals surface area contributed by atoms with Crippen LogP contribution in [0.15, 0.2) is 41.3 Å². The van der Waals surface area contributed by atoms with Crippen molar-refractivity contribution in [2.45, 2.75) is 12.8 Å². The van der Waals surface area contributed by atoms with Crippen LogP contribution in [0.1, 0.15) is 12.8 Å². The number of amides is 1. The van der Waals surface area contributed by atoms with Gasteiger partial charge in [0.25, 0.3) is 0 Å². The van der Waals surface area contributed by atoms with Gasteiger partial charge >= 0.3 is 0 Å². The van der Waals surface area contributed by atoms with E-state index >= 15 is 0 Å². The minimum absolute atomic E-state index is 0.0215. The molecule has 1 aliphatic rings. The quantitative estimate of drug-likeness (QED) is 0.885. The second-order valence-corrected chi connectivity index (χ2v) is 5.86. The molecule has 122 valence electrons. The van der Waals surface area contributed by atoms with Gasteiger partial charge in [0.05, 0.1) is 18.2 Å². The van der Waals surface area contributed by atoms with Crippen molar-refractivity contribution in [2.75, 3.05) is 32.1 Å². The smallest absolute Gasteiger partial charge is 0.233 e. The number of ether oxygens (including phenoxy) is 1. The fraction of sp³-hybridized carbons (Fsp3) is 0.412. The monoisotopic (exact) mass is 315 g/mol. The molecule has 6 nitrogen and oxygen atoms in total. The first-order chi connectivity index (χ1) is 11.2. The number of rotatable bonds is 5. The summed E-state index contributed by atoms with van der Waals surface area (Å²) in [5.41, 5.74) is 1.24. The van der Waals surface area contributed by atoms with Crippen LogP contribution < -0.4 is 10.6 Å². The van der Waals surface area contributed by atoms with Gasteiger partial charge in [-0.1, -0.05) is 0 Å². The lowest BCUT2D eigenvalue weighted by molar-refractivity contribution is -0.130. The Bertz CT molecular complexity index is 626. The minimum Gasteiger partial charge on any atom is -0.444 e. The number of oxazole rings is 1. The van der Waals surface area contributed by atoms with Crippen LogP contribution in [0.25, 0.3) is 11.3 Å². The second-order valence-electron chi connectivity index (χ2n) is 5.86. The van der Waals surface area contributed by atoms with Crippen molar-refractivity contribution in [3.63, 3.8) is 0 Å². The molecule has 0 unspecified atom stereocenters. The number of anilines is 1. The molecule has 0 atom stereocenters. The highest BCUT2D eigenvalue weighted by Crippen LogP contribution is 2.31. The van der Waals surface area contributed by atoms with Crippen molar-refractivity contribution in [2.24, 2.45) is 5.41 Å². The van der Waals surface area contributed by atoms with Gasteiger partial charge in [-0.25, -0.2) is 4.98 Å². The molecule has 1 saturated heterocycles. The average molecular weight is 315 g/mol. The van der Waals surface area contributed by atoms with Gasteiger partial charge in [0, 0.05) is 18.4 Å². The van der Waals surface area contributed by atoms with Gasteiger partial charge in [-0.15, -0.1) is 0 Å². The Morgan fingerprint density at radius 1 is 1.35 bits per heavy atom. The zero-order valence-electron chi connectivity index (χ0n) is 13.2. The predicted octanol–water partition coefficient (Wildman–Crippen LogP) is 2.30. The van der Waals surface area contributed by atoms with E-state index in [2.05, 4.69) is 15.6 Å². The van der Waals surface area contributed by atoms with E-state index in [1.807, 2.05) is 24.3 Å². The standard InChI is InChI=1S/C17H21N3O3/c1-22-11-17(6-8-18-9-7-17)16(21)20-14-4-2-13(3-5-14)15-10-19-12-23-15/h2-5,10,12,18H,6-9,11H2,1H3,(H,20,21). The Kier molecular flexibility index (Phi) is 4.73. The summed E-state index contributed by atoms with van der Waals surface area (Å²) in [5, 5.41) is 6.30. The van der Waals surface area contributed by atoms with Crippen LogP contribution in [-0.2, 0) is 9.53 Å². The Hall–Kier alpha value is -2.18. The Balaban J connectivity index is 1.71. The fourth-order valence-corrected chi connectivity index (χ4v) is 2.96. The third kappa shape index (κ3) is 3.43. The lowest BCUT2D eigenvalue weighted by Gasteiger charge is -2.35. The zero-order chi connectivity index (χ0) is 16.1. The second kappa shape index (κ2) is 6.93. The van der Waals surface area contributed by atoms with Crippen LogP contribution in [0.4, 0.5) is 5.69 Å². The van der Waals surface area contributed by atoms with Gasteiger partial charge < -0.3 is 19.8 Å². The number of nitrogens with zero attached hydrogens (tertiary/aromatic N) is 1. The zero-order valence-corrected chi connectivity index (χ0v) is 13.2. The molecule has 0 bridgehead atoms. The SMILES string of the molecule is COCC1(C(=O)Nc2ccc(-c3cnco3)cc2)CCNCC1. The molecular formula is C17H21N3O3. The van der Waals surface area contributed by atoms with Crippen LogP contribution in [0.2, 0.25) is 0 Å². The molecule has 0 radical (unpaired) electrons. The summed E-state index contributed by atoms with van der Waals surface area (Å²) < 4.78 is 10.6. The van der Waals surface area contributed by atoms with Gasteiger partial charge in [-0.2, -0.15) is 0 Å². The van der Waals surface area contributed by atoms with E-state index in [0.717, 1.165) is 37.2 Å². The van der Waals surface area contributed by atoms with Gasteiger partial charge in [-0.3, -0.25) is 4.79 Å². The molecule has 2 aromatic rings. The molecule has 0 spiro atoms. The third-order valence-electron chi connectivity index (χ3n) is 4.32. The molecule has 2 heterocycles. The topological polar surface area (TPSA) is 76.4 Å². The lowest BCUT2D eigenvalue weighted by atomic mass is 9.78. The molecule has 0 aliphatic carbocycles. The Labute approximate surface area is 135 Å². The van der Waals surface area contributed by atoms with E-state index in [-0.39, 0.29) is 5.91 Å². The Morgan fingerprint density at radius 3 is 2.70 bits per heavy atom. The molecule has 23 heavy (non-hydrogen) atoms. The van der Waals surface area contributed by atoms with Crippen molar-refractivity contribution in [3.8, 4) is 11.3 Å². The van der Waals surface area contributed by atoms with E-state index in [0.29, 0.717) is 12.4 Å². The number of hydrogen-bond donors (Lipinski definition) is 2. The van der Waals surface area contributed by atoms with Crippen LogP contribution >= 0.6 is 0 Å². The predicted molar refractivity (Wildman–Crippen MR) is 87.0 cm³/mol. The summed E-state index contributed by atoms with van der Waals surface area (Å²) >= 11 is 0. The maximum Gasteiger partial charge on any atom is 0.233 e. The molecule has 1 aromatic heterocycles. The number of methoxy groups -OCH3 is 1.